The highest BCUT2D eigenvalue weighted by atomic mass is 16.6. The molecule has 0 amide bonds. The molecule has 2 aromatic rings. The number of esters is 1. The summed E-state index contributed by atoms with van der Waals surface area (Å²) >= 11 is 0. The van der Waals surface area contributed by atoms with Crippen LogP contribution in [0.25, 0.3) is 10.9 Å². The highest BCUT2D eigenvalue weighted by Gasteiger charge is 2.41. The zero-order valence-corrected chi connectivity index (χ0v) is 14.5. The van der Waals surface area contributed by atoms with Crippen molar-refractivity contribution >= 4 is 16.9 Å². The number of benzene rings is 1. The first kappa shape index (κ1) is 16.4. The summed E-state index contributed by atoms with van der Waals surface area (Å²) in [4.78, 5) is 24.3. The van der Waals surface area contributed by atoms with E-state index < -0.39 is 11.7 Å². The van der Waals surface area contributed by atoms with Crippen LogP contribution in [0.15, 0.2) is 23.0 Å². The van der Waals surface area contributed by atoms with Crippen molar-refractivity contribution in [3.05, 3.63) is 34.0 Å². The Balaban J connectivity index is 2.23. The minimum absolute atomic E-state index is 0.121. The van der Waals surface area contributed by atoms with E-state index in [0.717, 1.165) is 5.52 Å². The lowest BCUT2D eigenvalue weighted by atomic mass is 9.91. The van der Waals surface area contributed by atoms with Crippen LogP contribution in [0.3, 0.4) is 0 Å². The molecule has 0 fully saturated rings. The topological polar surface area (TPSA) is 66.8 Å². The van der Waals surface area contributed by atoms with Gasteiger partial charge in [-0.3, -0.25) is 9.59 Å². The molecule has 0 bridgehead atoms. The fourth-order valence-electron chi connectivity index (χ4n) is 3.13. The van der Waals surface area contributed by atoms with E-state index in [4.69, 9.17) is 14.2 Å². The fourth-order valence-corrected chi connectivity index (χ4v) is 3.13. The molecule has 128 valence electrons. The van der Waals surface area contributed by atoms with Gasteiger partial charge < -0.3 is 18.8 Å². The molecular weight excluding hydrogens is 310 g/mol. The number of ether oxygens (including phenoxy) is 3. The van der Waals surface area contributed by atoms with Crippen LogP contribution in [0, 0.1) is 0 Å². The number of aryl methyl sites for hydroxylation is 1. The molecule has 0 N–H and O–H groups in total. The zero-order chi connectivity index (χ0) is 17.6. The number of hydrogen-bond acceptors (Lipinski definition) is 5. The second kappa shape index (κ2) is 5.54. The third-order valence-corrected chi connectivity index (χ3v) is 4.48. The number of pyridine rings is 1. The molecular formula is C18H21NO5. The van der Waals surface area contributed by atoms with Gasteiger partial charge in [0.1, 0.15) is 17.5 Å². The maximum atomic E-state index is 12.9. The molecule has 0 saturated heterocycles. The lowest BCUT2D eigenvalue weighted by Crippen LogP contribution is -2.50. The first-order chi connectivity index (χ1) is 11.2. The Morgan fingerprint density at radius 2 is 2.08 bits per heavy atom. The first-order valence-electron chi connectivity index (χ1n) is 7.80. The van der Waals surface area contributed by atoms with Gasteiger partial charge >= 0.3 is 5.97 Å². The zero-order valence-electron chi connectivity index (χ0n) is 14.5. The van der Waals surface area contributed by atoms with Gasteiger partial charge in [0.25, 0.3) is 0 Å². The smallest absolute Gasteiger partial charge is 0.303 e. The van der Waals surface area contributed by atoms with Gasteiger partial charge in [-0.15, -0.1) is 0 Å². The molecule has 6 nitrogen and oxygen atoms in total. The van der Waals surface area contributed by atoms with E-state index in [2.05, 4.69) is 0 Å². The van der Waals surface area contributed by atoms with Crippen LogP contribution < -0.4 is 14.9 Å². The first-order valence-corrected chi connectivity index (χ1v) is 7.80. The molecule has 1 aromatic heterocycles. The Morgan fingerprint density at radius 1 is 1.38 bits per heavy atom. The number of fused-ring (bicyclic) bond motifs is 2. The van der Waals surface area contributed by atoms with Gasteiger partial charge in [-0.25, -0.2) is 0 Å². The van der Waals surface area contributed by atoms with Gasteiger partial charge in [-0.05, 0) is 32.0 Å². The minimum atomic E-state index is -0.719. The van der Waals surface area contributed by atoms with E-state index in [-0.39, 0.29) is 11.4 Å². The van der Waals surface area contributed by atoms with Crippen molar-refractivity contribution < 1.29 is 19.0 Å². The van der Waals surface area contributed by atoms with Crippen molar-refractivity contribution in [1.29, 1.82) is 0 Å². The van der Waals surface area contributed by atoms with Crippen molar-refractivity contribution in [3.63, 3.8) is 0 Å². The molecule has 1 aliphatic heterocycles. The molecule has 0 unspecified atom stereocenters. The summed E-state index contributed by atoms with van der Waals surface area (Å²) in [7, 11) is 3.42. The van der Waals surface area contributed by atoms with Crippen LogP contribution >= 0.6 is 0 Å². The van der Waals surface area contributed by atoms with Crippen LogP contribution in [-0.2, 0) is 23.0 Å². The molecule has 24 heavy (non-hydrogen) atoms. The maximum absolute atomic E-state index is 12.9. The quantitative estimate of drug-likeness (QED) is 0.789. The third-order valence-electron chi connectivity index (χ3n) is 4.48. The molecule has 1 aromatic carbocycles. The van der Waals surface area contributed by atoms with Crippen LogP contribution in [0.1, 0.15) is 26.3 Å². The molecule has 0 aliphatic carbocycles. The standard InChI is InChI=1S/C18H21NO5/c1-10(20)23-15-9-13-16(21)12-8-11(22-5)6-7-14(12)19(4)17(13)24-18(15,2)3/h6-8,15H,9H2,1-5H3/t15-/m0/s1. The number of hydrogen-bond donors (Lipinski definition) is 0. The van der Waals surface area contributed by atoms with E-state index in [1.807, 2.05) is 37.6 Å². The molecule has 0 radical (unpaired) electrons. The number of aromatic nitrogens is 1. The van der Waals surface area contributed by atoms with E-state index >= 15 is 0 Å². The number of carbonyl (C=O) groups is 1. The van der Waals surface area contributed by atoms with Gasteiger partial charge in [0.2, 0.25) is 5.88 Å². The number of carbonyl (C=O) groups excluding carboxylic acids is 1. The van der Waals surface area contributed by atoms with E-state index in [0.29, 0.717) is 29.0 Å². The highest BCUT2D eigenvalue weighted by Crippen LogP contribution is 2.35. The van der Waals surface area contributed by atoms with E-state index in [9.17, 15) is 9.59 Å². The molecule has 1 aliphatic rings. The lowest BCUT2D eigenvalue weighted by molar-refractivity contribution is -0.159. The highest BCUT2D eigenvalue weighted by molar-refractivity contribution is 5.82. The van der Waals surface area contributed by atoms with Crippen molar-refractivity contribution in [1.82, 2.24) is 4.57 Å². The Morgan fingerprint density at radius 3 is 2.71 bits per heavy atom. The second-order valence-corrected chi connectivity index (χ2v) is 6.56. The van der Waals surface area contributed by atoms with Gasteiger partial charge in [0.05, 0.1) is 18.2 Å². The number of rotatable bonds is 2. The molecule has 2 heterocycles. The Hall–Kier alpha value is -2.50. The van der Waals surface area contributed by atoms with Gasteiger partial charge in [0, 0.05) is 25.8 Å². The van der Waals surface area contributed by atoms with Crippen molar-refractivity contribution in [2.75, 3.05) is 7.11 Å². The Bertz CT molecular complexity index is 881. The summed E-state index contributed by atoms with van der Waals surface area (Å²) in [5.41, 5.74) is 0.443. The van der Waals surface area contributed by atoms with E-state index in [1.54, 1.807) is 13.2 Å². The summed E-state index contributed by atoms with van der Waals surface area (Å²) in [6, 6.07) is 5.37. The predicted octanol–water partition coefficient (Wildman–Crippen LogP) is 2.19. The van der Waals surface area contributed by atoms with Gasteiger partial charge in [-0.1, -0.05) is 0 Å². The fraction of sp³-hybridized carbons (Fsp3) is 0.444. The lowest BCUT2D eigenvalue weighted by Gasteiger charge is -2.39. The SMILES string of the molecule is COc1ccc2c(c1)c(=O)c1c(n2C)OC(C)(C)[C@@H](OC(C)=O)C1. The summed E-state index contributed by atoms with van der Waals surface area (Å²) in [6.07, 6.45) is -0.194. The van der Waals surface area contributed by atoms with Crippen LogP contribution in [0.2, 0.25) is 0 Å². The average Bonchev–Trinajstić information content (AvgIpc) is 2.53. The summed E-state index contributed by atoms with van der Waals surface area (Å²) in [5.74, 6) is 0.749. The van der Waals surface area contributed by atoms with Crippen LogP contribution in [-0.4, -0.2) is 29.4 Å². The molecule has 6 heteroatoms. The normalized spacial score (nSPS) is 18.6. The molecule has 0 saturated carbocycles. The van der Waals surface area contributed by atoms with Crippen molar-refractivity contribution in [3.8, 4) is 11.6 Å². The van der Waals surface area contributed by atoms with Crippen molar-refractivity contribution in [2.24, 2.45) is 7.05 Å². The summed E-state index contributed by atoms with van der Waals surface area (Å²) in [6.45, 7) is 5.06. The van der Waals surface area contributed by atoms with Gasteiger partial charge in [-0.2, -0.15) is 0 Å². The Labute approximate surface area is 139 Å². The minimum Gasteiger partial charge on any atom is -0.497 e. The van der Waals surface area contributed by atoms with Gasteiger partial charge in [0.15, 0.2) is 5.43 Å². The number of methoxy groups -OCH3 is 1. The van der Waals surface area contributed by atoms with Crippen molar-refractivity contribution in [2.45, 2.75) is 38.9 Å². The largest absolute Gasteiger partial charge is 0.497 e. The molecule has 1 atom stereocenters. The van der Waals surface area contributed by atoms with E-state index in [1.165, 1.54) is 6.92 Å². The predicted molar refractivity (Wildman–Crippen MR) is 89.7 cm³/mol. The van der Waals surface area contributed by atoms with Crippen LogP contribution in [0.4, 0.5) is 0 Å². The second-order valence-electron chi connectivity index (χ2n) is 6.56. The molecule has 3 rings (SSSR count). The summed E-state index contributed by atoms with van der Waals surface area (Å²) in [5, 5.41) is 0.556. The third kappa shape index (κ3) is 2.52. The number of nitrogens with zero attached hydrogens (tertiary/aromatic N) is 1. The summed E-state index contributed by atoms with van der Waals surface area (Å²) < 4.78 is 18.5. The molecule has 0 spiro atoms. The maximum Gasteiger partial charge on any atom is 0.303 e. The average molecular weight is 331 g/mol. The van der Waals surface area contributed by atoms with Crippen LogP contribution in [0.5, 0.6) is 11.6 Å². The Kier molecular flexibility index (Phi) is 3.78. The monoisotopic (exact) mass is 331 g/mol.